The predicted molar refractivity (Wildman–Crippen MR) is 59.4 cm³/mol. The number of ether oxygens (including phenoxy) is 1. The second-order valence-electron chi connectivity index (χ2n) is 4.20. The Morgan fingerprint density at radius 3 is 2.26 bits per heavy atom. The molecule has 1 rings (SSSR count). The zero-order valence-corrected chi connectivity index (χ0v) is 10.6. The lowest BCUT2D eigenvalue weighted by atomic mass is 9.95. The van der Waals surface area contributed by atoms with E-state index in [2.05, 4.69) is 0 Å². The first-order valence-electron chi connectivity index (χ1n) is 5.35. The number of rotatable bonds is 4. The van der Waals surface area contributed by atoms with Crippen LogP contribution in [0.1, 0.15) is 6.42 Å². The molecule has 0 radical (unpaired) electrons. The number of nitrogens with one attached hydrogen (secondary N) is 1. The summed E-state index contributed by atoms with van der Waals surface area (Å²) in [5.41, 5.74) is 0. The van der Waals surface area contributed by atoms with Crippen molar-refractivity contribution in [3.8, 4) is 0 Å². The molecule has 0 saturated carbocycles. The molecule has 19 heavy (non-hydrogen) atoms. The van der Waals surface area contributed by atoms with Gasteiger partial charge in [-0.2, -0.15) is 0 Å². The molecule has 0 aromatic rings. The summed E-state index contributed by atoms with van der Waals surface area (Å²) in [7, 11) is -4.30. The van der Waals surface area contributed by atoms with E-state index < -0.39 is 50.5 Å². The van der Waals surface area contributed by atoms with Crippen LogP contribution in [0.5, 0.6) is 0 Å². The predicted octanol–water partition coefficient (Wildman–Crippen LogP) is -2.37. The van der Waals surface area contributed by atoms with Crippen LogP contribution in [0.15, 0.2) is 0 Å². The lowest BCUT2D eigenvalue weighted by molar-refractivity contribution is -0.246. The van der Waals surface area contributed by atoms with Gasteiger partial charge in [-0.25, -0.2) is 4.79 Å². The molecule has 0 spiro atoms. The molecular weight excluding hydrogens is 285 g/mol. The Morgan fingerprint density at radius 1 is 1.21 bits per heavy atom. The van der Waals surface area contributed by atoms with Crippen molar-refractivity contribution in [2.45, 2.75) is 37.1 Å². The molecule has 0 aromatic heterocycles. The molecule has 1 aliphatic heterocycles. The van der Waals surface area contributed by atoms with Crippen LogP contribution in [0, 0.1) is 0 Å². The van der Waals surface area contributed by atoms with Gasteiger partial charge < -0.3 is 40.3 Å². The first-order chi connectivity index (χ1) is 8.61. The number of aliphatic hydroxyl groups excluding tert-OH is 3. The van der Waals surface area contributed by atoms with E-state index in [1.807, 2.05) is 0 Å². The minimum absolute atomic E-state index is 0.292. The fourth-order valence-corrected chi connectivity index (χ4v) is 2.37. The van der Waals surface area contributed by atoms with Gasteiger partial charge in [0.2, 0.25) is 0 Å². The molecule has 1 heterocycles. The molecule has 1 fully saturated rings. The van der Waals surface area contributed by atoms with Gasteiger partial charge in [-0.05, 0) is 6.42 Å². The Kier molecular flexibility index (Phi) is 5.27. The molecule has 1 saturated heterocycles. The zero-order chi connectivity index (χ0) is 14.8. The first-order valence-corrected chi connectivity index (χ1v) is 7.15. The van der Waals surface area contributed by atoms with Crippen molar-refractivity contribution in [2.24, 2.45) is 0 Å². The molecule has 1 amide bonds. The van der Waals surface area contributed by atoms with Crippen molar-refractivity contribution in [1.82, 2.24) is 5.32 Å². The number of carbonyl (C=O) groups is 1. The minimum Gasteiger partial charge on any atom is -0.465 e. The van der Waals surface area contributed by atoms with Crippen LogP contribution in [0.4, 0.5) is 4.79 Å². The summed E-state index contributed by atoms with van der Waals surface area (Å²) in [5, 5.41) is 39.1. The SMILES string of the molecule is O=C(O)N[C@H]1[C@@H](O)[C@H](O)[C@@H](CCP(=O)(O)O)O[C@@H]1O. The van der Waals surface area contributed by atoms with E-state index in [0.717, 1.165) is 0 Å². The fraction of sp³-hybridized carbons (Fsp3) is 0.875. The largest absolute Gasteiger partial charge is 0.465 e. The lowest BCUT2D eigenvalue weighted by Gasteiger charge is -2.40. The Bertz CT molecular complexity index is 371. The van der Waals surface area contributed by atoms with E-state index in [4.69, 9.17) is 19.6 Å². The third-order valence-corrected chi connectivity index (χ3v) is 3.56. The van der Waals surface area contributed by atoms with Gasteiger partial charge in [-0.15, -0.1) is 0 Å². The third-order valence-electron chi connectivity index (χ3n) is 2.72. The molecule has 11 heteroatoms. The molecule has 0 aliphatic carbocycles. The van der Waals surface area contributed by atoms with Gasteiger partial charge in [-0.1, -0.05) is 0 Å². The van der Waals surface area contributed by atoms with Gasteiger partial charge in [-0.3, -0.25) is 4.57 Å². The summed E-state index contributed by atoms with van der Waals surface area (Å²) in [5.74, 6) is 0. The molecule has 7 N–H and O–H groups in total. The van der Waals surface area contributed by atoms with Crippen molar-refractivity contribution in [1.29, 1.82) is 0 Å². The number of carboxylic acid groups (broad SMARTS) is 1. The zero-order valence-electron chi connectivity index (χ0n) is 9.66. The van der Waals surface area contributed by atoms with E-state index in [-0.39, 0.29) is 6.42 Å². The first kappa shape index (κ1) is 16.3. The van der Waals surface area contributed by atoms with Crippen molar-refractivity contribution < 1.29 is 44.3 Å². The van der Waals surface area contributed by atoms with Crippen LogP contribution in [0.2, 0.25) is 0 Å². The van der Waals surface area contributed by atoms with E-state index in [9.17, 15) is 24.7 Å². The summed E-state index contributed by atoms with van der Waals surface area (Å²) in [6.45, 7) is 0. The maximum atomic E-state index is 10.7. The Hall–Kier alpha value is -0.740. The van der Waals surface area contributed by atoms with Crippen LogP contribution < -0.4 is 5.32 Å². The van der Waals surface area contributed by atoms with Crippen LogP contribution in [0.3, 0.4) is 0 Å². The summed E-state index contributed by atoms with van der Waals surface area (Å²) < 4.78 is 15.5. The van der Waals surface area contributed by atoms with Crippen molar-refractivity contribution >= 4 is 13.7 Å². The van der Waals surface area contributed by atoms with Crippen LogP contribution >= 0.6 is 7.60 Å². The van der Waals surface area contributed by atoms with Gasteiger partial charge in [0, 0.05) is 0 Å². The van der Waals surface area contributed by atoms with Gasteiger partial charge in [0.15, 0.2) is 6.29 Å². The van der Waals surface area contributed by atoms with E-state index in [1.54, 1.807) is 5.32 Å². The van der Waals surface area contributed by atoms with Crippen LogP contribution in [-0.4, -0.2) is 73.1 Å². The van der Waals surface area contributed by atoms with Crippen LogP contribution in [-0.2, 0) is 9.30 Å². The molecule has 1 aliphatic rings. The third kappa shape index (κ3) is 4.69. The maximum Gasteiger partial charge on any atom is 0.405 e. The quantitative estimate of drug-likeness (QED) is 0.279. The second-order valence-corrected chi connectivity index (χ2v) is 5.98. The van der Waals surface area contributed by atoms with Crippen LogP contribution in [0.25, 0.3) is 0 Å². The van der Waals surface area contributed by atoms with E-state index in [0.29, 0.717) is 0 Å². The van der Waals surface area contributed by atoms with Gasteiger partial charge in [0.05, 0.1) is 12.3 Å². The smallest absolute Gasteiger partial charge is 0.405 e. The van der Waals surface area contributed by atoms with Gasteiger partial charge >= 0.3 is 13.7 Å². The molecule has 5 atom stereocenters. The Morgan fingerprint density at radius 2 is 1.79 bits per heavy atom. The molecular formula is C8H16NO9P. The summed E-state index contributed by atoms with van der Waals surface area (Å²) >= 11 is 0. The molecule has 0 unspecified atom stereocenters. The highest BCUT2D eigenvalue weighted by Crippen LogP contribution is 2.37. The number of hydrogen-bond acceptors (Lipinski definition) is 6. The number of hydrogen-bond donors (Lipinski definition) is 7. The number of amides is 1. The maximum absolute atomic E-state index is 10.7. The molecule has 112 valence electrons. The van der Waals surface area contributed by atoms with E-state index >= 15 is 0 Å². The topological polar surface area (TPSA) is 177 Å². The van der Waals surface area contributed by atoms with Gasteiger partial charge in [0.25, 0.3) is 0 Å². The Labute approximate surface area is 107 Å². The van der Waals surface area contributed by atoms with Gasteiger partial charge in [0.1, 0.15) is 18.2 Å². The Balaban J connectivity index is 2.66. The molecule has 0 aromatic carbocycles. The number of aliphatic hydroxyl groups is 3. The fourth-order valence-electron chi connectivity index (χ4n) is 1.78. The summed E-state index contributed by atoms with van der Waals surface area (Å²) in [4.78, 5) is 27.8. The highest BCUT2D eigenvalue weighted by Gasteiger charge is 2.44. The van der Waals surface area contributed by atoms with Crippen molar-refractivity contribution in [3.63, 3.8) is 0 Å². The lowest BCUT2D eigenvalue weighted by Crippen LogP contribution is -2.63. The van der Waals surface area contributed by atoms with Crippen molar-refractivity contribution in [3.05, 3.63) is 0 Å². The van der Waals surface area contributed by atoms with Crippen molar-refractivity contribution in [2.75, 3.05) is 6.16 Å². The standard InChI is InChI=1S/C8H16NO9P/c10-5-3(1-2-19(15,16)17)18-7(12)4(6(5)11)9-8(13)14/h3-7,9-12H,1-2H2,(H,13,14)(H2,15,16,17)/t3-,4+,5-,6-,7+/m1/s1. The second kappa shape index (κ2) is 6.14. The van der Waals surface area contributed by atoms with E-state index in [1.165, 1.54) is 0 Å². The summed E-state index contributed by atoms with van der Waals surface area (Å²) in [6, 6.07) is -1.45. The average molecular weight is 301 g/mol. The normalized spacial score (nSPS) is 35.9. The summed E-state index contributed by atoms with van der Waals surface area (Å²) in [6.07, 6.45) is -8.56. The average Bonchev–Trinajstić information content (AvgIpc) is 2.26. The monoisotopic (exact) mass is 301 g/mol. The highest BCUT2D eigenvalue weighted by atomic mass is 31.2. The minimum atomic E-state index is -4.30. The molecule has 0 bridgehead atoms. The molecule has 10 nitrogen and oxygen atoms in total. The highest BCUT2D eigenvalue weighted by molar-refractivity contribution is 7.51.